The monoisotopic (exact) mass is 343 g/mol. The second-order valence-electron chi connectivity index (χ2n) is 5.19. The topological polar surface area (TPSA) is 57.5 Å². The van der Waals surface area contributed by atoms with Crippen LogP contribution in [-0.4, -0.2) is 31.4 Å². The van der Waals surface area contributed by atoms with E-state index >= 15 is 0 Å². The number of aromatic nitrogens is 1. The molecule has 0 bridgehead atoms. The van der Waals surface area contributed by atoms with Crippen molar-refractivity contribution in [1.29, 1.82) is 0 Å². The van der Waals surface area contributed by atoms with Crippen LogP contribution in [0.5, 0.6) is 0 Å². The lowest BCUT2D eigenvalue weighted by Crippen LogP contribution is -2.27. The van der Waals surface area contributed by atoms with E-state index < -0.39 is 5.97 Å². The van der Waals surface area contributed by atoms with Crippen LogP contribution in [0.3, 0.4) is 0 Å². The molecule has 2 heterocycles. The van der Waals surface area contributed by atoms with Crippen molar-refractivity contribution in [2.45, 2.75) is 6.54 Å². The van der Waals surface area contributed by atoms with Crippen LogP contribution in [0, 0.1) is 0 Å². The molecule has 1 aromatic carbocycles. The van der Waals surface area contributed by atoms with Crippen LogP contribution in [0.2, 0.25) is 0 Å². The minimum absolute atomic E-state index is 0.140. The van der Waals surface area contributed by atoms with Crippen molar-refractivity contribution in [1.82, 2.24) is 4.57 Å². The molecular weight excluding hydrogens is 326 g/mol. The number of esters is 1. The lowest BCUT2D eigenvalue weighted by atomic mass is 10.0. The van der Waals surface area contributed by atoms with Gasteiger partial charge in [-0.3, -0.25) is 4.79 Å². The summed E-state index contributed by atoms with van der Waals surface area (Å²) in [6, 6.07) is 10.9. The number of hydrogen-bond donors (Lipinski definition) is 0. The third-order valence-corrected chi connectivity index (χ3v) is 4.72. The number of rotatable bonds is 5. The Morgan fingerprint density at radius 3 is 2.50 bits per heavy atom. The molecule has 0 N–H and O–H groups in total. The van der Waals surface area contributed by atoms with E-state index in [0.717, 1.165) is 4.88 Å². The molecule has 0 saturated carbocycles. The van der Waals surface area contributed by atoms with Crippen LogP contribution >= 0.6 is 11.3 Å². The molecule has 3 rings (SSSR count). The standard InChI is InChI=1S/C18H17NO4S/c1-22-10-9-19-16(14-8-5-11-24-14)15(18(21)23-2)12-6-3-4-7-13(12)17(19)20/h3-8,11H,9-10H2,1-2H3. The summed E-state index contributed by atoms with van der Waals surface area (Å²) >= 11 is 1.47. The Hall–Kier alpha value is -2.44. The van der Waals surface area contributed by atoms with Gasteiger partial charge in [0, 0.05) is 24.4 Å². The number of pyridine rings is 1. The molecule has 0 aliphatic heterocycles. The number of ether oxygens (including phenoxy) is 2. The molecule has 0 saturated heterocycles. The lowest BCUT2D eigenvalue weighted by molar-refractivity contribution is 0.0603. The summed E-state index contributed by atoms with van der Waals surface area (Å²) in [7, 11) is 2.93. The molecule has 24 heavy (non-hydrogen) atoms. The maximum Gasteiger partial charge on any atom is 0.340 e. The molecule has 6 heteroatoms. The summed E-state index contributed by atoms with van der Waals surface area (Å²) < 4.78 is 11.7. The molecule has 3 aromatic rings. The molecule has 0 atom stereocenters. The Morgan fingerprint density at radius 1 is 1.12 bits per heavy atom. The molecule has 0 amide bonds. The van der Waals surface area contributed by atoms with E-state index in [1.54, 1.807) is 29.9 Å². The van der Waals surface area contributed by atoms with Crippen LogP contribution in [0.15, 0.2) is 46.6 Å². The van der Waals surface area contributed by atoms with Crippen LogP contribution in [0.4, 0.5) is 0 Å². The smallest absolute Gasteiger partial charge is 0.340 e. The van der Waals surface area contributed by atoms with Crippen LogP contribution in [0.1, 0.15) is 10.4 Å². The fourth-order valence-corrected chi connectivity index (χ4v) is 3.56. The molecule has 0 unspecified atom stereocenters. The average molecular weight is 343 g/mol. The van der Waals surface area contributed by atoms with Crippen molar-refractivity contribution in [3.63, 3.8) is 0 Å². The molecule has 124 valence electrons. The van der Waals surface area contributed by atoms with Gasteiger partial charge in [0.15, 0.2) is 0 Å². The normalized spacial score (nSPS) is 10.9. The fourth-order valence-electron chi connectivity index (χ4n) is 2.77. The Morgan fingerprint density at radius 2 is 1.88 bits per heavy atom. The first-order chi connectivity index (χ1) is 11.7. The molecule has 0 radical (unpaired) electrons. The highest BCUT2D eigenvalue weighted by Crippen LogP contribution is 2.32. The summed E-state index contributed by atoms with van der Waals surface area (Å²) in [4.78, 5) is 26.3. The molecule has 0 aliphatic rings. The summed E-state index contributed by atoms with van der Waals surface area (Å²) in [6.45, 7) is 0.731. The van der Waals surface area contributed by atoms with Gasteiger partial charge in [0.1, 0.15) is 0 Å². The van der Waals surface area contributed by atoms with Gasteiger partial charge in [-0.05, 0) is 17.5 Å². The lowest BCUT2D eigenvalue weighted by Gasteiger charge is -2.17. The maximum atomic E-state index is 13.0. The third-order valence-electron chi connectivity index (χ3n) is 3.84. The highest BCUT2D eigenvalue weighted by atomic mass is 32.1. The second-order valence-corrected chi connectivity index (χ2v) is 6.14. The van der Waals surface area contributed by atoms with E-state index in [4.69, 9.17) is 9.47 Å². The first-order valence-corrected chi connectivity index (χ1v) is 8.33. The predicted molar refractivity (Wildman–Crippen MR) is 94.7 cm³/mol. The molecular formula is C18H17NO4S. The van der Waals surface area contributed by atoms with Gasteiger partial charge in [-0.1, -0.05) is 24.3 Å². The van der Waals surface area contributed by atoms with Crippen LogP contribution in [0.25, 0.3) is 21.3 Å². The van der Waals surface area contributed by atoms with Crippen molar-refractivity contribution in [3.8, 4) is 10.6 Å². The van der Waals surface area contributed by atoms with Gasteiger partial charge in [0.2, 0.25) is 0 Å². The second kappa shape index (κ2) is 6.98. The number of nitrogens with zero attached hydrogens (tertiary/aromatic N) is 1. The molecule has 0 fully saturated rings. The zero-order valence-corrected chi connectivity index (χ0v) is 14.3. The van der Waals surface area contributed by atoms with Gasteiger partial charge >= 0.3 is 5.97 Å². The van der Waals surface area contributed by atoms with Gasteiger partial charge < -0.3 is 14.0 Å². The van der Waals surface area contributed by atoms with E-state index in [9.17, 15) is 9.59 Å². The van der Waals surface area contributed by atoms with E-state index in [0.29, 0.717) is 35.2 Å². The number of fused-ring (bicyclic) bond motifs is 1. The minimum atomic E-state index is -0.458. The van der Waals surface area contributed by atoms with Crippen molar-refractivity contribution >= 4 is 28.1 Å². The Labute approximate surface area is 143 Å². The number of carbonyl (C=O) groups is 1. The van der Waals surface area contributed by atoms with E-state index in [2.05, 4.69) is 0 Å². The highest BCUT2D eigenvalue weighted by molar-refractivity contribution is 7.13. The first kappa shape index (κ1) is 16.4. The Bertz CT molecular complexity index is 928. The zero-order valence-electron chi connectivity index (χ0n) is 13.4. The molecule has 0 aliphatic carbocycles. The zero-order chi connectivity index (χ0) is 17.1. The van der Waals surface area contributed by atoms with Crippen LogP contribution in [-0.2, 0) is 16.0 Å². The fraction of sp³-hybridized carbons (Fsp3) is 0.222. The summed E-state index contributed by atoms with van der Waals surface area (Å²) in [5, 5.41) is 3.01. The van der Waals surface area contributed by atoms with Gasteiger partial charge in [0.25, 0.3) is 5.56 Å². The SMILES string of the molecule is COCCn1c(-c2cccs2)c(C(=O)OC)c2ccccc2c1=O. The largest absolute Gasteiger partial charge is 0.465 e. The van der Waals surface area contributed by atoms with Crippen molar-refractivity contribution in [2.24, 2.45) is 0 Å². The molecule has 2 aromatic heterocycles. The summed E-state index contributed by atoms with van der Waals surface area (Å²) in [5.41, 5.74) is 0.850. The van der Waals surface area contributed by atoms with Gasteiger partial charge in [-0.15, -0.1) is 11.3 Å². The number of hydrogen-bond acceptors (Lipinski definition) is 5. The molecule has 0 spiro atoms. The summed E-state index contributed by atoms with van der Waals surface area (Å²) in [5.74, 6) is -0.458. The van der Waals surface area contributed by atoms with Crippen molar-refractivity contribution in [2.75, 3.05) is 20.8 Å². The molecule has 5 nitrogen and oxygen atoms in total. The third kappa shape index (κ3) is 2.74. The minimum Gasteiger partial charge on any atom is -0.465 e. The van der Waals surface area contributed by atoms with Crippen molar-refractivity contribution in [3.05, 3.63) is 57.7 Å². The van der Waals surface area contributed by atoms with E-state index in [1.807, 2.05) is 23.6 Å². The predicted octanol–water partition coefficient (Wildman–Crippen LogP) is 3.16. The maximum absolute atomic E-state index is 13.0. The van der Waals surface area contributed by atoms with Gasteiger partial charge in [-0.2, -0.15) is 0 Å². The average Bonchev–Trinajstić information content (AvgIpc) is 3.14. The first-order valence-electron chi connectivity index (χ1n) is 7.45. The number of thiophene rings is 1. The summed E-state index contributed by atoms with van der Waals surface area (Å²) in [6.07, 6.45) is 0. The van der Waals surface area contributed by atoms with E-state index in [-0.39, 0.29) is 5.56 Å². The van der Waals surface area contributed by atoms with Crippen molar-refractivity contribution < 1.29 is 14.3 Å². The number of benzene rings is 1. The number of methoxy groups -OCH3 is 2. The Balaban J connectivity index is 2.46. The van der Waals surface area contributed by atoms with Gasteiger partial charge in [-0.25, -0.2) is 4.79 Å². The highest BCUT2D eigenvalue weighted by Gasteiger charge is 2.23. The number of carbonyl (C=O) groups excluding carboxylic acids is 1. The van der Waals surface area contributed by atoms with E-state index in [1.165, 1.54) is 18.4 Å². The Kier molecular flexibility index (Phi) is 4.78. The van der Waals surface area contributed by atoms with Gasteiger partial charge in [0.05, 0.1) is 29.9 Å². The quantitative estimate of drug-likeness (QED) is 0.668. The van der Waals surface area contributed by atoms with Crippen LogP contribution < -0.4 is 5.56 Å².